The SMILES string of the molecule is Cc1ccc(-c2ccccc2C2NNC(=O)N2)cc1. The number of nitrogens with one attached hydrogen (secondary N) is 3. The highest BCUT2D eigenvalue weighted by molar-refractivity contribution is 5.77. The van der Waals surface area contributed by atoms with E-state index in [0.717, 1.165) is 16.7 Å². The zero-order chi connectivity index (χ0) is 13.2. The molecule has 0 radical (unpaired) electrons. The van der Waals surface area contributed by atoms with Crippen molar-refractivity contribution in [2.45, 2.75) is 13.1 Å². The van der Waals surface area contributed by atoms with Crippen LogP contribution in [0.15, 0.2) is 48.5 Å². The normalized spacial score (nSPS) is 17.9. The van der Waals surface area contributed by atoms with Gasteiger partial charge in [-0.05, 0) is 23.6 Å². The van der Waals surface area contributed by atoms with Gasteiger partial charge in [0.05, 0.1) is 0 Å². The first-order valence-corrected chi connectivity index (χ1v) is 6.22. The van der Waals surface area contributed by atoms with Gasteiger partial charge < -0.3 is 5.32 Å². The van der Waals surface area contributed by atoms with Crippen LogP contribution in [0.25, 0.3) is 11.1 Å². The summed E-state index contributed by atoms with van der Waals surface area (Å²) in [4.78, 5) is 11.2. The second kappa shape index (κ2) is 4.74. The zero-order valence-electron chi connectivity index (χ0n) is 10.6. The van der Waals surface area contributed by atoms with E-state index in [2.05, 4.69) is 53.4 Å². The molecule has 0 saturated carbocycles. The number of rotatable bonds is 2. The van der Waals surface area contributed by atoms with E-state index in [9.17, 15) is 4.79 Å². The van der Waals surface area contributed by atoms with E-state index in [-0.39, 0.29) is 12.2 Å². The Morgan fingerprint density at radius 2 is 1.74 bits per heavy atom. The van der Waals surface area contributed by atoms with E-state index in [1.165, 1.54) is 5.56 Å². The fourth-order valence-corrected chi connectivity index (χ4v) is 2.24. The Morgan fingerprint density at radius 3 is 2.42 bits per heavy atom. The molecule has 0 aliphatic carbocycles. The highest BCUT2D eigenvalue weighted by atomic mass is 16.2. The van der Waals surface area contributed by atoms with E-state index < -0.39 is 0 Å². The van der Waals surface area contributed by atoms with Gasteiger partial charge in [-0.1, -0.05) is 54.1 Å². The molecule has 2 amide bonds. The van der Waals surface area contributed by atoms with Crippen LogP contribution in [-0.2, 0) is 0 Å². The van der Waals surface area contributed by atoms with Gasteiger partial charge in [0.25, 0.3) is 0 Å². The quantitative estimate of drug-likeness (QED) is 0.770. The number of hydrazine groups is 1. The highest BCUT2D eigenvalue weighted by Gasteiger charge is 2.23. The fourth-order valence-electron chi connectivity index (χ4n) is 2.24. The molecule has 2 aromatic carbocycles. The summed E-state index contributed by atoms with van der Waals surface area (Å²) in [6.07, 6.45) is -0.204. The molecule has 3 N–H and O–H groups in total. The van der Waals surface area contributed by atoms with Crippen molar-refractivity contribution in [1.82, 2.24) is 16.2 Å². The first-order chi connectivity index (χ1) is 9.24. The maximum Gasteiger partial charge on any atom is 0.330 e. The summed E-state index contributed by atoms with van der Waals surface area (Å²) in [6, 6.07) is 16.2. The molecule has 1 aliphatic heterocycles. The Hall–Kier alpha value is -2.33. The number of carbonyl (C=O) groups excluding carboxylic acids is 1. The number of benzene rings is 2. The number of aryl methyl sites for hydroxylation is 1. The van der Waals surface area contributed by atoms with Gasteiger partial charge in [-0.15, -0.1) is 0 Å². The summed E-state index contributed by atoms with van der Waals surface area (Å²) in [5, 5.41) is 2.83. The van der Waals surface area contributed by atoms with Crippen molar-refractivity contribution >= 4 is 6.03 Å². The first kappa shape index (κ1) is 11.7. The number of amides is 2. The van der Waals surface area contributed by atoms with Gasteiger partial charge in [-0.2, -0.15) is 0 Å². The number of urea groups is 1. The minimum Gasteiger partial charge on any atom is -0.316 e. The molecule has 2 aromatic rings. The monoisotopic (exact) mass is 253 g/mol. The van der Waals surface area contributed by atoms with E-state index >= 15 is 0 Å². The lowest BCUT2D eigenvalue weighted by Gasteiger charge is -2.15. The maximum absolute atomic E-state index is 11.2. The number of hydrogen-bond donors (Lipinski definition) is 3. The third-order valence-electron chi connectivity index (χ3n) is 3.24. The summed E-state index contributed by atoms with van der Waals surface area (Å²) in [6.45, 7) is 2.07. The largest absolute Gasteiger partial charge is 0.330 e. The van der Waals surface area contributed by atoms with Crippen LogP contribution in [-0.4, -0.2) is 6.03 Å². The highest BCUT2D eigenvalue weighted by Crippen LogP contribution is 2.28. The third-order valence-corrected chi connectivity index (χ3v) is 3.24. The molecule has 96 valence electrons. The molecule has 1 atom stereocenters. The van der Waals surface area contributed by atoms with Crippen LogP contribution >= 0.6 is 0 Å². The lowest BCUT2D eigenvalue weighted by Crippen LogP contribution is -2.27. The smallest absolute Gasteiger partial charge is 0.316 e. The summed E-state index contributed by atoms with van der Waals surface area (Å²) in [5.74, 6) is 0. The van der Waals surface area contributed by atoms with Crippen molar-refractivity contribution in [3.05, 3.63) is 59.7 Å². The van der Waals surface area contributed by atoms with Crippen molar-refractivity contribution in [1.29, 1.82) is 0 Å². The average molecular weight is 253 g/mol. The second-order valence-corrected chi connectivity index (χ2v) is 4.63. The molecule has 0 spiro atoms. The van der Waals surface area contributed by atoms with Crippen LogP contribution in [0.2, 0.25) is 0 Å². The Labute approximate surface area is 111 Å². The second-order valence-electron chi connectivity index (χ2n) is 4.63. The molecule has 0 bridgehead atoms. The molecule has 4 nitrogen and oxygen atoms in total. The molecule has 1 fully saturated rings. The van der Waals surface area contributed by atoms with Crippen molar-refractivity contribution < 1.29 is 4.79 Å². The zero-order valence-corrected chi connectivity index (χ0v) is 10.6. The Bertz CT molecular complexity index is 607. The van der Waals surface area contributed by atoms with Crippen LogP contribution in [0.5, 0.6) is 0 Å². The minimum absolute atomic E-state index is 0.204. The van der Waals surface area contributed by atoms with Crippen molar-refractivity contribution in [3.63, 3.8) is 0 Å². The Morgan fingerprint density at radius 1 is 1.00 bits per heavy atom. The maximum atomic E-state index is 11.2. The molecule has 1 aliphatic rings. The standard InChI is InChI=1S/C15H15N3O/c1-10-6-8-11(9-7-10)12-4-2-3-5-13(12)14-16-15(19)18-17-14/h2-9,14,17H,1H3,(H2,16,18,19). The van der Waals surface area contributed by atoms with Gasteiger partial charge in [0.1, 0.15) is 6.17 Å². The van der Waals surface area contributed by atoms with Crippen molar-refractivity contribution in [2.75, 3.05) is 0 Å². The van der Waals surface area contributed by atoms with E-state index in [1.54, 1.807) is 0 Å². The summed E-state index contributed by atoms with van der Waals surface area (Å²) >= 11 is 0. The molecule has 1 saturated heterocycles. The summed E-state index contributed by atoms with van der Waals surface area (Å²) in [7, 11) is 0. The van der Waals surface area contributed by atoms with Gasteiger partial charge in [0, 0.05) is 0 Å². The molecular formula is C15H15N3O. The molecule has 3 rings (SSSR count). The van der Waals surface area contributed by atoms with Gasteiger partial charge in [0.2, 0.25) is 0 Å². The summed E-state index contributed by atoms with van der Waals surface area (Å²) < 4.78 is 0. The molecule has 0 aromatic heterocycles. The first-order valence-electron chi connectivity index (χ1n) is 6.22. The summed E-state index contributed by atoms with van der Waals surface area (Å²) in [5.41, 5.74) is 10.0. The lowest BCUT2D eigenvalue weighted by molar-refractivity contribution is 0.247. The predicted molar refractivity (Wildman–Crippen MR) is 74.2 cm³/mol. The minimum atomic E-state index is -0.205. The van der Waals surface area contributed by atoms with Gasteiger partial charge >= 0.3 is 6.03 Å². The number of hydrogen-bond acceptors (Lipinski definition) is 2. The third kappa shape index (κ3) is 2.30. The molecule has 19 heavy (non-hydrogen) atoms. The van der Waals surface area contributed by atoms with E-state index in [4.69, 9.17) is 0 Å². The van der Waals surface area contributed by atoms with E-state index in [1.807, 2.05) is 18.2 Å². The Balaban J connectivity index is 2.02. The fraction of sp³-hybridized carbons (Fsp3) is 0.133. The predicted octanol–water partition coefficient (Wildman–Crippen LogP) is 2.48. The van der Waals surface area contributed by atoms with E-state index in [0.29, 0.717) is 0 Å². The van der Waals surface area contributed by atoms with Crippen LogP contribution in [0.1, 0.15) is 17.3 Å². The molecular weight excluding hydrogens is 238 g/mol. The number of carbonyl (C=O) groups is 1. The molecule has 1 unspecified atom stereocenters. The van der Waals surface area contributed by atoms with Gasteiger partial charge in [0.15, 0.2) is 0 Å². The van der Waals surface area contributed by atoms with Crippen molar-refractivity contribution in [2.24, 2.45) is 0 Å². The average Bonchev–Trinajstić information content (AvgIpc) is 2.86. The topological polar surface area (TPSA) is 53.2 Å². The molecule has 4 heteroatoms. The van der Waals surface area contributed by atoms with Crippen molar-refractivity contribution in [3.8, 4) is 11.1 Å². The molecule has 1 heterocycles. The van der Waals surface area contributed by atoms with Crippen LogP contribution in [0, 0.1) is 6.92 Å². The Kier molecular flexibility index (Phi) is 2.93. The van der Waals surface area contributed by atoms with Crippen LogP contribution in [0.3, 0.4) is 0 Å². The van der Waals surface area contributed by atoms with Crippen LogP contribution in [0.4, 0.5) is 4.79 Å². The van der Waals surface area contributed by atoms with Gasteiger partial charge in [-0.25, -0.2) is 10.2 Å². The lowest BCUT2D eigenvalue weighted by atomic mass is 9.97. The van der Waals surface area contributed by atoms with Gasteiger partial charge in [-0.3, -0.25) is 5.43 Å². The van der Waals surface area contributed by atoms with Crippen LogP contribution < -0.4 is 16.2 Å².